The normalized spacial score (nSPS) is 9.00. The van der Waals surface area contributed by atoms with Crippen LogP contribution in [0.2, 0.25) is 0 Å². The molecular weight excluding hydrogens is 188 g/mol. The van der Waals surface area contributed by atoms with Gasteiger partial charge in [0.25, 0.3) is 0 Å². The summed E-state index contributed by atoms with van der Waals surface area (Å²) in [6.45, 7) is 0. The molecule has 0 aliphatic rings. The van der Waals surface area contributed by atoms with Crippen LogP contribution in [0.25, 0.3) is 0 Å². The summed E-state index contributed by atoms with van der Waals surface area (Å²) in [6.07, 6.45) is 5.21. The van der Waals surface area contributed by atoms with Crippen molar-refractivity contribution in [3.05, 3.63) is 15.8 Å². The molecule has 1 aromatic heterocycles. The molecule has 4 heteroatoms. The van der Waals surface area contributed by atoms with E-state index in [-0.39, 0.29) is 0 Å². The third kappa shape index (κ3) is 1.65. The monoisotopic (exact) mass is 196 g/mol. The lowest BCUT2D eigenvalue weighted by Gasteiger charge is -2.00. The van der Waals surface area contributed by atoms with Crippen LogP contribution < -0.4 is 4.74 Å². The number of hydrogen-bond acceptors (Lipinski definition) is 4. The van der Waals surface area contributed by atoms with E-state index >= 15 is 0 Å². The molecule has 0 bridgehead atoms. The SMILES string of the molecule is C#Cc1csc(C(=O)OC)c1OC. The summed E-state index contributed by atoms with van der Waals surface area (Å²) in [5.41, 5.74) is 0.577. The number of thiophene rings is 1. The predicted octanol–water partition coefficient (Wildman–Crippen LogP) is 1.52. The summed E-state index contributed by atoms with van der Waals surface area (Å²) in [7, 11) is 2.78. The van der Waals surface area contributed by atoms with Crippen LogP contribution in [-0.2, 0) is 4.74 Å². The molecular formula is C9H8O3S. The first-order valence-corrected chi connectivity index (χ1v) is 4.33. The summed E-state index contributed by atoms with van der Waals surface area (Å²) >= 11 is 1.22. The third-order valence-corrected chi connectivity index (χ3v) is 2.42. The number of methoxy groups -OCH3 is 2. The standard InChI is InChI=1S/C9H8O3S/c1-4-6-5-13-8(7(6)11-2)9(10)12-3/h1,5H,2-3H3. The van der Waals surface area contributed by atoms with Crippen LogP contribution in [0.15, 0.2) is 5.38 Å². The molecule has 1 heterocycles. The Morgan fingerprint density at radius 3 is 2.77 bits per heavy atom. The molecule has 0 fully saturated rings. The summed E-state index contributed by atoms with van der Waals surface area (Å²) in [5, 5.41) is 1.69. The van der Waals surface area contributed by atoms with Gasteiger partial charge in [-0.3, -0.25) is 0 Å². The van der Waals surface area contributed by atoms with Crippen LogP contribution in [0.1, 0.15) is 15.2 Å². The first kappa shape index (κ1) is 9.62. The van der Waals surface area contributed by atoms with Crippen molar-refractivity contribution >= 4 is 17.3 Å². The van der Waals surface area contributed by atoms with Gasteiger partial charge >= 0.3 is 5.97 Å². The zero-order valence-corrected chi connectivity index (χ0v) is 8.10. The minimum atomic E-state index is -0.427. The fourth-order valence-corrected chi connectivity index (χ4v) is 1.77. The summed E-state index contributed by atoms with van der Waals surface area (Å²) < 4.78 is 9.56. The maximum atomic E-state index is 11.2. The number of ether oxygens (including phenoxy) is 2. The second-order valence-electron chi connectivity index (χ2n) is 2.15. The van der Waals surface area contributed by atoms with E-state index in [9.17, 15) is 4.79 Å². The van der Waals surface area contributed by atoms with E-state index in [1.54, 1.807) is 5.38 Å². The van der Waals surface area contributed by atoms with Crippen molar-refractivity contribution in [2.75, 3.05) is 14.2 Å². The Labute approximate surface area is 80.3 Å². The molecule has 3 nitrogen and oxygen atoms in total. The van der Waals surface area contributed by atoms with Crippen LogP contribution in [0.3, 0.4) is 0 Å². The molecule has 0 spiro atoms. The summed E-state index contributed by atoms with van der Waals surface area (Å²) in [5.74, 6) is 2.41. The molecule has 1 aromatic rings. The lowest BCUT2D eigenvalue weighted by atomic mass is 10.3. The average Bonchev–Trinajstić information content (AvgIpc) is 2.58. The first-order chi connectivity index (χ1) is 6.24. The number of terminal acetylenes is 1. The third-order valence-electron chi connectivity index (χ3n) is 1.48. The zero-order chi connectivity index (χ0) is 9.84. The predicted molar refractivity (Wildman–Crippen MR) is 50.1 cm³/mol. The maximum absolute atomic E-state index is 11.2. The second-order valence-corrected chi connectivity index (χ2v) is 3.03. The van der Waals surface area contributed by atoms with Gasteiger partial charge in [0, 0.05) is 5.38 Å². The highest BCUT2D eigenvalue weighted by molar-refractivity contribution is 7.12. The van der Waals surface area contributed by atoms with E-state index in [0.717, 1.165) is 0 Å². The molecule has 13 heavy (non-hydrogen) atoms. The number of carbonyl (C=O) groups is 1. The lowest BCUT2D eigenvalue weighted by Crippen LogP contribution is -2.00. The highest BCUT2D eigenvalue weighted by Crippen LogP contribution is 2.30. The van der Waals surface area contributed by atoms with Crippen LogP contribution in [0.4, 0.5) is 0 Å². The van der Waals surface area contributed by atoms with Crippen molar-refractivity contribution in [3.8, 4) is 18.1 Å². The lowest BCUT2D eigenvalue weighted by molar-refractivity contribution is 0.0603. The molecule has 0 aromatic carbocycles. The minimum absolute atomic E-state index is 0.401. The van der Waals surface area contributed by atoms with Gasteiger partial charge < -0.3 is 9.47 Å². The van der Waals surface area contributed by atoms with Crippen molar-refractivity contribution in [2.24, 2.45) is 0 Å². The molecule has 0 aliphatic heterocycles. The first-order valence-electron chi connectivity index (χ1n) is 3.45. The number of hydrogen-bond donors (Lipinski definition) is 0. The van der Waals surface area contributed by atoms with Crippen molar-refractivity contribution in [1.82, 2.24) is 0 Å². The van der Waals surface area contributed by atoms with Gasteiger partial charge in [-0.2, -0.15) is 0 Å². The van der Waals surface area contributed by atoms with E-state index in [0.29, 0.717) is 16.2 Å². The average molecular weight is 196 g/mol. The molecule has 0 N–H and O–H groups in total. The summed E-state index contributed by atoms with van der Waals surface area (Å²) in [4.78, 5) is 11.6. The molecule has 0 unspecified atom stereocenters. The van der Waals surface area contributed by atoms with Crippen LogP contribution >= 0.6 is 11.3 Å². The van der Waals surface area contributed by atoms with Crippen molar-refractivity contribution in [3.63, 3.8) is 0 Å². The fraction of sp³-hybridized carbons (Fsp3) is 0.222. The van der Waals surface area contributed by atoms with Gasteiger partial charge in [0.1, 0.15) is 0 Å². The fourth-order valence-electron chi connectivity index (χ4n) is 0.883. The Hall–Kier alpha value is -1.47. The van der Waals surface area contributed by atoms with Crippen molar-refractivity contribution in [2.45, 2.75) is 0 Å². The topological polar surface area (TPSA) is 35.5 Å². The summed E-state index contributed by atoms with van der Waals surface area (Å²) in [6, 6.07) is 0. The zero-order valence-electron chi connectivity index (χ0n) is 7.29. The Kier molecular flexibility index (Phi) is 2.93. The molecule has 0 aliphatic carbocycles. The Morgan fingerprint density at radius 2 is 2.31 bits per heavy atom. The van der Waals surface area contributed by atoms with Crippen molar-refractivity contribution in [1.29, 1.82) is 0 Å². The van der Waals surface area contributed by atoms with Gasteiger partial charge in [-0.05, 0) is 0 Å². The van der Waals surface area contributed by atoms with Gasteiger partial charge in [-0.15, -0.1) is 17.8 Å². The molecule has 0 radical (unpaired) electrons. The van der Waals surface area contributed by atoms with E-state index < -0.39 is 5.97 Å². The minimum Gasteiger partial charge on any atom is -0.494 e. The highest BCUT2D eigenvalue weighted by Gasteiger charge is 2.17. The van der Waals surface area contributed by atoms with E-state index in [1.807, 2.05) is 0 Å². The number of rotatable bonds is 2. The maximum Gasteiger partial charge on any atom is 0.351 e. The molecule has 68 valence electrons. The molecule has 0 saturated carbocycles. The smallest absolute Gasteiger partial charge is 0.351 e. The van der Waals surface area contributed by atoms with Crippen molar-refractivity contribution < 1.29 is 14.3 Å². The van der Waals surface area contributed by atoms with E-state index in [2.05, 4.69) is 10.7 Å². The van der Waals surface area contributed by atoms with Gasteiger partial charge in [-0.25, -0.2) is 4.79 Å². The van der Waals surface area contributed by atoms with E-state index in [4.69, 9.17) is 11.2 Å². The molecule has 0 amide bonds. The molecule has 0 atom stereocenters. The molecule has 0 saturated heterocycles. The number of esters is 1. The number of carbonyl (C=O) groups excluding carboxylic acids is 1. The van der Waals surface area contributed by atoms with E-state index in [1.165, 1.54) is 25.6 Å². The second kappa shape index (κ2) is 3.97. The Balaban J connectivity index is 3.17. The van der Waals surface area contributed by atoms with Crippen LogP contribution in [0.5, 0.6) is 5.75 Å². The quantitative estimate of drug-likeness (QED) is 0.531. The largest absolute Gasteiger partial charge is 0.494 e. The van der Waals surface area contributed by atoms with Crippen LogP contribution in [0, 0.1) is 12.3 Å². The van der Waals surface area contributed by atoms with Gasteiger partial charge in [0.15, 0.2) is 10.6 Å². The van der Waals surface area contributed by atoms with Crippen LogP contribution in [-0.4, -0.2) is 20.2 Å². The highest BCUT2D eigenvalue weighted by atomic mass is 32.1. The Bertz CT molecular complexity index is 359. The van der Waals surface area contributed by atoms with Gasteiger partial charge in [0.05, 0.1) is 19.8 Å². The molecule has 1 rings (SSSR count). The Morgan fingerprint density at radius 1 is 1.62 bits per heavy atom. The van der Waals surface area contributed by atoms with Gasteiger partial charge in [0.2, 0.25) is 0 Å². The van der Waals surface area contributed by atoms with Gasteiger partial charge in [-0.1, -0.05) is 5.92 Å².